The monoisotopic (exact) mass is 273 g/mol. The number of hydrogen-bond acceptors (Lipinski definition) is 4. The molecule has 0 amide bonds. The highest BCUT2D eigenvalue weighted by Crippen LogP contribution is 2.28. The minimum atomic E-state index is -0.848. The third-order valence-electron chi connectivity index (χ3n) is 3.77. The first-order chi connectivity index (χ1) is 9.60. The largest absolute Gasteiger partial charge is 0.480 e. The van der Waals surface area contributed by atoms with Crippen LogP contribution in [0.4, 0.5) is 5.82 Å². The van der Waals surface area contributed by atoms with Crippen molar-refractivity contribution in [2.45, 2.75) is 45.1 Å². The molecule has 0 saturated heterocycles. The van der Waals surface area contributed by atoms with E-state index in [4.69, 9.17) is 5.26 Å². The van der Waals surface area contributed by atoms with Gasteiger partial charge in [0.1, 0.15) is 11.9 Å². The minimum Gasteiger partial charge on any atom is -0.480 e. The molecule has 1 saturated carbocycles. The van der Waals surface area contributed by atoms with Gasteiger partial charge in [-0.1, -0.05) is 19.3 Å². The van der Waals surface area contributed by atoms with Gasteiger partial charge in [0.05, 0.1) is 11.6 Å². The number of rotatable bonds is 4. The molecule has 1 atom stereocenters. The van der Waals surface area contributed by atoms with Crippen molar-refractivity contribution in [2.24, 2.45) is 5.92 Å². The molecule has 0 bridgehead atoms. The van der Waals surface area contributed by atoms with E-state index in [1.165, 1.54) is 6.42 Å². The van der Waals surface area contributed by atoms with Crippen molar-refractivity contribution in [3.8, 4) is 6.07 Å². The first-order valence-corrected chi connectivity index (χ1v) is 6.98. The maximum absolute atomic E-state index is 11.5. The molecule has 5 heteroatoms. The second kappa shape index (κ2) is 6.38. The number of aromatic nitrogens is 1. The lowest BCUT2D eigenvalue weighted by molar-refractivity contribution is -0.139. The van der Waals surface area contributed by atoms with Gasteiger partial charge in [-0.2, -0.15) is 5.26 Å². The summed E-state index contributed by atoms with van der Waals surface area (Å²) in [5.41, 5.74) is 1.20. The molecule has 5 nitrogen and oxygen atoms in total. The second-order valence-electron chi connectivity index (χ2n) is 5.35. The Labute approximate surface area is 118 Å². The number of aliphatic carboxylic acids is 1. The highest BCUT2D eigenvalue weighted by atomic mass is 16.4. The van der Waals surface area contributed by atoms with Crippen LogP contribution in [-0.2, 0) is 4.79 Å². The van der Waals surface area contributed by atoms with E-state index in [2.05, 4.69) is 16.4 Å². The number of aryl methyl sites for hydroxylation is 1. The number of pyridine rings is 1. The van der Waals surface area contributed by atoms with Gasteiger partial charge in [-0.3, -0.25) is 0 Å². The highest BCUT2D eigenvalue weighted by molar-refractivity contribution is 5.77. The van der Waals surface area contributed by atoms with E-state index in [1.54, 1.807) is 19.1 Å². The number of carbonyl (C=O) groups is 1. The van der Waals surface area contributed by atoms with Crippen molar-refractivity contribution in [3.63, 3.8) is 0 Å². The van der Waals surface area contributed by atoms with E-state index in [-0.39, 0.29) is 5.92 Å². The predicted octanol–water partition coefficient (Wildman–Crippen LogP) is 2.71. The summed E-state index contributed by atoms with van der Waals surface area (Å²) >= 11 is 0. The SMILES string of the molecule is Cc1cc(C#N)cc(NC(C(=O)O)C2CCCCC2)n1. The lowest BCUT2D eigenvalue weighted by Gasteiger charge is -2.28. The third kappa shape index (κ3) is 3.47. The van der Waals surface area contributed by atoms with Crippen LogP contribution in [0.15, 0.2) is 12.1 Å². The van der Waals surface area contributed by atoms with Gasteiger partial charge in [-0.15, -0.1) is 0 Å². The quantitative estimate of drug-likeness (QED) is 0.880. The average Bonchev–Trinajstić information content (AvgIpc) is 2.44. The first kappa shape index (κ1) is 14.3. The fourth-order valence-corrected chi connectivity index (χ4v) is 2.82. The molecule has 20 heavy (non-hydrogen) atoms. The van der Waals surface area contributed by atoms with Gasteiger partial charge in [0.2, 0.25) is 0 Å². The van der Waals surface area contributed by atoms with E-state index in [1.807, 2.05) is 0 Å². The van der Waals surface area contributed by atoms with Gasteiger partial charge in [-0.25, -0.2) is 9.78 Å². The second-order valence-corrected chi connectivity index (χ2v) is 5.35. The predicted molar refractivity (Wildman–Crippen MR) is 75.3 cm³/mol. The Morgan fingerprint density at radius 2 is 2.15 bits per heavy atom. The third-order valence-corrected chi connectivity index (χ3v) is 3.77. The standard InChI is InChI=1S/C15H19N3O2/c1-10-7-11(9-16)8-13(17-10)18-14(15(19)20)12-5-3-2-4-6-12/h7-8,12,14H,2-6H2,1H3,(H,17,18)(H,19,20). The molecule has 2 rings (SSSR count). The molecule has 1 aliphatic rings. The normalized spacial score (nSPS) is 17.2. The summed E-state index contributed by atoms with van der Waals surface area (Å²) in [6.07, 6.45) is 5.22. The topological polar surface area (TPSA) is 86.0 Å². The molecule has 1 aliphatic carbocycles. The van der Waals surface area contributed by atoms with Gasteiger partial charge < -0.3 is 10.4 Å². The van der Waals surface area contributed by atoms with Gasteiger partial charge in [0.15, 0.2) is 0 Å². The number of carboxylic acid groups (broad SMARTS) is 1. The van der Waals surface area contributed by atoms with Crippen molar-refractivity contribution in [1.82, 2.24) is 4.98 Å². The average molecular weight is 273 g/mol. The Hall–Kier alpha value is -2.09. The van der Waals surface area contributed by atoms with E-state index >= 15 is 0 Å². The summed E-state index contributed by atoms with van der Waals surface area (Å²) in [5.74, 6) is -0.243. The van der Waals surface area contributed by atoms with Crippen LogP contribution >= 0.6 is 0 Å². The highest BCUT2D eigenvalue weighted by Gasteiger charge is 2.29. The first-order valence-electron chi connectivity index (χ1n) is 6.98. The van der Waals surface area contributed by atoms with Crippen LogP contribution in [0, 0.1) is 24.2 Å². The minimum absolute atomic E-state index is 0.133. The Morgan fingerprint density at radius 3 is 2.75 bits per heavy atom. The molecule has 106 valence electrons. The molecule has 0 aliphatic heterocycles. The molecule has 1 unspecified atom stereocenters. The van der Waals surface area contributed by atoms with Crippen LogP contribution in [0.2, 0.25) is 0 Å². The van der Waals surface area contributed by atoms with E-state index in [9.17, 15) is 9.90 Å². The van der Waals surface area contributed by atoms with Crippen molar-refractivity contribution in [2.75, 3.05) is 5.32 Å². The number of anilines is 1. The van der Waals surface area contributed by atoms with Crippen LogP contribution < -0.4 is 5.32 Å². The van der Waals surface area contributed by atoms with Crippen LogP contribution in [0.5, 0.6) is 0 Å². The van der Waals surface area contributed by atoms with E-state index in [0.717, 1.165) is 25.7 Å². The van der Waals surface area contributed by atoms with Crippen molar-refractivity contribution < 1.29 is 9.90 Å². The Balaban J connectivity index is 2.17. The van der Waals surface area contributed by atoms with Crippen LogP contribution in [0.1, 0.15) is 43.4 Å². The fourth-order valence-electron chi connectivity index (χ4n) is 2.82. The molecular weight excluding hydrogens is 254 g/mol. The van der Waals surface area contributed by atoms with Gasteiger partial charge in [0, 0.05) is 5.69 Å². The molecular formula is C15H19N3O2. The zero-order valence-electron chi connectivity index (χ0n) is 11.6. The Bertz CT molecular complexity index is 530. The summed E-state index contributed by atoms with van der Waals surface area (Å²) in [7, 11) is 0. The molecule has 1 aromatic rings. The van der Waals surface area contributed by atoms with Gasteiger partial charge in [-0.05, 0) is 37.8 Å². The summed E-state index contributed by atoms with van der Waals surface area (Å²) in [4.78, 5) is 15.8. The summed E-state index contributed by atoms with van der Waals surface area (Å²) in [6.45, 7) is 1.79. The lowest BCUT2D eigenvalue weighted by atomic mass is 9.84. The molecule has 1 fully saturated rings. The summed E-state index contributed by atoms with van der Waals surface area (Å²) in [5, 5.41) is 21.4. The molecule has 0 spiro atoms. The van der Waals surface area contributed by atoms with Crippen LogP contribution in [0.25, 0.3) is 0 Å². The van der Waals surface area contributed by atoms with Crippen molar-refractivity contribution in [3.05, 3.63) is 23.4 Å². The number of nitrogens with one attached hydrogen (secondary N) is 1. The molecule has 0 radical (unpaired) electrons. The number of carboxylic acids is 1. The zero-order chi connectivity index (χ0) is 14.5. The van der Waals surface area contributed by atoms with E-state index in [0.29, 0.717) is 17.1 Å². The molecule has 2 N–H and O–H groups in total. The molecule has 1 aromatic heterocycles. The van der Waals surface area contributed by atoms with Gasteiger partial charge in [0.25, 0.3) is 0 Å². The smallest absolute Gasteiger partial charge is 0.326 e. The summed E-state index contributed by atoms with van der Waals surface area (Å²) < 4.78 is 0. The lowest BCUT2D eigenvalue weighted by Crippen LogP contribution is -2.38. The van der Waals surface area contributed by atoms with Crippen LogP contribution in [-0.4, -0.2) is 22.1 Å². The Kier molecular flexibility index (Phi) is 4.57. The molecule has 1 heterocycles. The fraction of sp³-hybridized carbons (Fsp3) is 0.533. The van der Waals surface area contributed by atoms with E-state index < -0.39 is 12.0 Å². The maximum atomic E-state index is 11.5. The number of nitriles is 1. The Morgan fingerprint density at radius 1 is 1.45 bits per heavy atom. The van der Waals surface area contributed by atoms with Crippen molar-refractivity contribution in [1.29, 1.82) is 5.26 Å². The van der Waals surface area contributed by atoms with Crippen LogP contribution in [0.3, 0.4) is 0 Å². The van der Waals surface area contributed by atoms with Gasteiger partial charge >= 0.3 is 5.97 Å². The number of nitrogens with zero attached hydrogens (tertiary/aromatic N) is 2. The summed E-state index contributed by atoms with van der Waals surface area (Å²) in [6, 6.07) is 4.72. The zero-order valence-corrected chi connectivity index (χ0v) is 11.6. The molecule has 0 aromatic carbocycles. The number of hydrogen-bond donors (Lipinski definition) is 2. The van der Waals surface area contributed by atoms with Crippen molar-refractivity contribution >= 4 is 11.8 Å². The maximum Gasteiger partial charge on any atom is 0.326 e.